The van der Waals surface area contributed by atoms with Crippen molar-refractivity contribution in [1.82, 2.24) is 4.90 Å². The molecule has 0 bridgehead atoms. The van der Waals surface area contributed by atoms with E-state index in [4.69, 9.17) is 21.1 Å². The van der Waals surface area contributed by atoms with Crippen LogP contribution in [0.5, 0.6) is 5.75 Å². The molecule has 0 unspecified atom stereocenters. The molecule has 0 aliphatic carbocycles. The molecule has 1 N–H and O–H groups in total. The number of nitrogens with one attached hydrogen (secondary N) is 1. The smallest absolute Gasteiger partial charge is 0.339 e. The number of esters is 1. The summed E-state index contributed by atoms with van der Waals surface area (Å²) >= 11 is 6.80. The number of hydrogen-bond acceptors (Lipinski definition) is 7. The SMILES string of the molecule is CCCCOc1ccc(/C=C2\SC(=O)N(CC(=O)Nc3ccc(Cl)c(C(=O)OCC)c3)C2=O)cc1. The van der Waals surface area contributed by atoms with Gasteiger partial charge in [0.1, 0.15) is 12.3 Å². The summed E-state index contributed by atoms with van der Waals surface area (Å²) in [6.07, 6.45) is 3.61. The predicted molar refractivity (Wildman–Crippen MR) is 136 cm³/mol. The van der Waals surface area contributed by atoms with Gasteiger partial charge in [0.25, 0.3) is 11.1 Å². The third-order valence-corrected chi connectivity index (χ3v) is 6.10. The Morgan fingerprint density at radius 3 is 2.54 bits per heavy atom. The van der Waals surface area contributed by atoms with Gasteiger partial charge in [0.05, 0.1) is 28.7 Å². The van der Waals surface area contributed by atoms with Crippen LogP contribution < -0.4 is 10.1 Å². The molecule has 2 aromatic rings. The lowest BCUT2D eigenvalue weighted by atomic mass is 10.2. The fourth-order valence-corrected chi connectivity index (χ4v) is 4.13. The molecule has 184 valence electrons. The topological polar surface area (TPSA) is 102 Å². The van der Waals surface area contributed by atoms with Gasteiger partial charge in [-0.3, -0.25) is 19.3 Å². The van der Waals surface area contributed by atoms with Gasteiger partial charge < -0.3 is 14.8 Å². The number of anilines is 1. The molecule has 8 nitrogen and oxygen atoms in total. The van der Waals surface area contributed by atoms with Crippen LogP contribution in [-0.2, 0) is 14.3 Å². The van der Waals surface area contributed by atoms with Crippen molar-refractivity contribution in [3.05, 3.63) is 63.5 Å². The second-order valence-corrected chi connectivity index (χ2v) is 8.90. The molecule has 35 heavy (non-hydrogen) atoms. The lowest BCUT2D eigenvalue weighted by molar-refractivity contribution is -0.127. The van der Waals surface area contributed by atoms with Gasteiger partial charge in [0.2, 0.25) is 5.91 Å². The summed E-state index contributed by atoms with van der Waals surface area (Å²) in [6.45, 7) is 4.10. The van der Waals surface area contributed by atoms with Crippen molar-refractivity contribution in [2.75, 3.05) is 25.1 Å². The molecule has 0 saturated carbocycles. The maximum Gasteiger partial charge on any atom is 0.339 e. The van der Waals surface area contributed by atoms with E-state index in [9.17, 15) is 19.2 Å². The first-order valence-electron chi connectivity index (χ1n) is 11.1. The molecule has 3 rings (SSSR count). The molecule has 2 aromatic carbocycles. The van der Waals surface area contributed by atoms with Crippen molar-refractivity contribution in [2.45, 2.75) is 26.7 Å². The van der Waals surface area contributed by atoms with E-state index >= 15 is 0 Å². The van der Waals surface area contributed by atoms with Crippen molar-refractivity contribution in [2.24, 2.45) is 0 Å². The minimum atomic E-state index is -0.620. The van der Waals surface area contributed by atoms with Gasteiger partial charge in [-0.25, -0.2) is 4.79 Å². The summed E-state index contributed by atoms with van der Waals surface area (Å²) in [7, 11) is 0. The number of nitrogens with zero attached hydrogens (tertiary/aromatic N) is 1. The maximum atomic E-state index is 12.7. The molecule has 1 aliphatic rings. The first-order chi connectivity index (χ1) is 16.8. The van der Waals surface area contributed by atoms with Crippen LogP contribution in [0.15, 0.2) is 47.4 Å². The van der Waals surface area contributed by atoms with Gasteiger partial charge in [-0.1, -0.05) is 37.1 Å². The minimum absolute atomic E-state index is 0.0993. The van der Waals surface area contributed by atoms with E-state index in [0.29, 0.717) is 6.61 Å². The monoisotopic (exact) mass is 516 g/mol. The lowest BCUT2D eigenvalue weighted by Crippen LogP contribution is -2.36. The van der Waals surface area contributed by atoms with Crippen LogP contribution in [-0.4, -0.2) is 47.7 Å². The summed E-state index contributed by atoms with van der Waals surface area (Å²) in [5, 5.41) is 2.21. The van der Waals surface area contributed by atoms with Crippen LogP contribution in [0.2, 0.25) is 5.02 Å². The lowest BCUT2D eigenvalue weighted by Gasteiger charge is -2.13. The van der Waals surface area contributed by atoms with Crippen LogP contribution >= 0.6 is 23.4 Å². The molecular formula is C25H25ClN2O6S. The fourth-order valence-electron chi connectivity index (χ4n) is 3.09. The number of benzene rings is 2. The zero-order chi connectivity index (χ0) is 25.4. The van der Waals surface area contributed by atoms with Gasteiger partial charge in [-0.2, -0.15) is 0 Å². The summed E-state index contributed by atoms with van der Waals surface area (Å²) in [5.41, 5.74) is 1.11. The molecule has 1 fully saturated rings. The average molecular weight is 517 g/mol. The number of ether oxygens (including phenoxy) is 2. The maximum absolute atomic E-state index is 12.7. The number of thioether (sulfide) groups is 1. The summed E-state index contributed by atoms with van der Waals surface area (Å²) in [5.74, 6) is -1.04. The third kappa shape index (κ3) is 7.10. The molecule has 0 aromatic heterocycles. The van der Waals surface area contributed by atoms with Gasteiger partial charge in [-0.15, -0.1) is 0 Å². The molecule has 10 heteroatoms. The van der Waals surface area contributed by atoms with E-state index in [2.05, 4.69) is 12.2 Å². The molecule has 0 spiro atoms. The molecule has 0 atom stereocenters. The van der Waals surface area contributed by atoms with Crippen LogP contribution in [0.3, 0.4) is 0 Å². The van der Waals surface area contributed by atoms with Crippen molar-refractivity contribution in [1.29, 1.82) is 0 Å². The highest BCUT2D eigenvalue weighted by Gasteiger charge is 2.36. The molecule has 0 radical (unpaired) electrons. The van der Waals surface area contributed by atoms with Crippen molar-refractivity contribution in [3.8, 4) is 5.75 Å². The zero-order valence-corrected chi connectivity index (χ0v) is 20.9. The average Bonchev–Trinajstić information content (AvgIpc) is 3.09. The summed E-state index contributed by atoms with van der Waals surface area (Å²) in [4.78, 5) is 50.7. The Bertz CT molecular complexity index is 1150. The molecule has 1 heterocycles. The van der Waals surface area contributed by atoms with Crippen LogP contribution in [0.4, 0.5) is 10.5 Å². The number of imide groups is 1. The Morgan fingerprint density at radius 1 is 1.11 bits per heavy atom. The minimum Gasteiger partial charge on any atom is -0.494 e. The number of hydrogen-bond donors (Lipinski definition) is 1. The predicted octanol–water partition coefficient (Wildman–Crippen LogP) is 5.37. The van der Waals surface area contributed by atoms with E-state index in [1.165, 1.54) is 18.2 Å². The van der Waals surface area contributed by atoms with Gasteiger partial charge >= 0.3 is 5.97 Å². The van der Waals surface area contributed by atoms with Crippen molar-refractivity contribution < 1.29 is 28.7 Å². The van der Waals surface area contributed by atoms with Crippen molar-refractivity contribution in [3.63, 3.8) is 0 Å². The quantitative estimate of drug-likeness (QED) is 0.257. The van der Waals surface area contributed by atoms with Gasteiger partial charge in [0, 0.05) is 5.69 Å². The first-order valence-corrected chi connectivity index (χ1v) is 12.3. The molecular weight excluding hydrogens is 492 g/mol. The Balaban J connectivity index is 1.63. The number of carbonyl (C=O) groups is 4. The highest BCUT2D eigenvalue weighted by molar-refractivity contribution is 8.18. The number of amides is 3. The Morgan fingerprint density at radius 2 is 1.86 bits per heavy atom. The van der Waals surface area contributed by atoms with E-state index in [-0.39, 0.29) is 27.8 Å². The van der Waals surface area contributed by atoms with Crippen LogP contribution in [0.25, 0.3) is 6.08 Å². The molecule has 1 aliphatic heterocycles. The van der Waals surface area contributed by atoms with E-state index in [1.54, 1.807) is 37.3 Å². The van der Waals surface area contributed by atoms with Gasteiger partial charge in [0.15, 0.2) is 0 Å². The van der Waals surface area contributed by atoms with Crippen LogP contribution in [0, 0.1) is 0 Å². The second kappa shape index (κ2) is 12.4. The fraction of sp³-hybridized carbons (Fsp3) is 0.280. The number of rotatable bonds is 10. The Hall–Kier alpha value is -3.30. The number of carbonyl (C=O) groups excluding carboxylic acids is 4. The number of halogens is 1. The van der Waals surface area contributed by atoms with Crippen LogP contribution in [0.1, 0.15) is 42.6 Å². The zero-order valence-electron chi connectivity index (χ0n) is 19.3. The highest BCUT2D eigenvalue weighted by Crippen LogP contribution is 2.32. The normalized spacial score (nSPS) is 14.4. The summed E-state index contributed by atoms with van der Waals surface area (Å²) in [6, 6.07) is 11.5. The largest absolute Gasteiger partial charge is 0.494 e. The van der Waals surface area contributed by atoms with Gasteiger partial charge in [-0.05, 0) is 67.1 Å². The molecule has 3 amide bonds. The standard InChI is InChI=1S/C25H25ClN2O6S/c1-3-5-12-34-18-9-6-16(7-10-18)13-21-23(30)28(25(32)35-21)15-22(29)27-17-8-11-20(26)19(14-17)24(31)33-4-2/h6-11,13-14H,3-5,12,15H2,1-2H3,(H,27,29)/b21-13-. The van der Waals surface area contributed by atoms with E-state index in [0.717, 1.165) is 40.8 Å². The summed E-state index contributed by atoms with van der Waals surface area (Å²) < 4.78 is 10.6. The Kier molecular flexibility index (Phi) is 9.33. The first kappa shape index (κ1) is 26.3. The van der Waals surface area contributed by atoms with E-state index < -0.39 is 29.6 Å². The molecule has 1 saturated heterocycles. The van der Waals surface area contributed by atoms with Crippen molar-refractivity contribution >= 4 is 58.1 Å². The highest BCUT2D eigenvalue weighted by atomic mass is 35.5. The Labute approximate surface area is 212 Å². The second-order valence-electron chi connectivity index (χ2n) is 7.50. The third-order valence-electron chi connectivity index (χ3n) is 4.87. The van der Waals surface area contributed by atoms with E-state index in [1.807, 2.05) is 0 Å². The number of unbranched alkanes of at least 4 members (excludes halogenated alkanes) is 1.